The van der Waals surface area contributed by atoms with Gasteiger partial charge in [0.05, 0.1) is 32.7 Å². The van der Waals surface area contributed by atoms with E-state index >= 15 is 0 Å². The third-order valence-electron chi connectivity index (χ3n) is 4.49. The molecule has 0 saturated carbocycles. The van der Waals surface area contributed by atoms with Gasteiger partial charge >= 0.3 is 6.18 Å². The van der Waals surface area contributed by atoms with Gasteiger partial charge in [-0.25, -0.2) is 8.93 Å². The van der Waals surface area contributed by atoms with E-state index in [2.05, 4.69) is 9.71 Å². The van der Waals surface area contributed by atoms with Crippen LogP contribution >= 0.6 is 0 Å². The molecule has 0 aromatic carbocycles. The molecule has 2 N–H and O–H groups in total. The van der Waals surface area contributed by atoms with E-state index in [1.165, 1.54) is 13.0 Å². The van der Waals surface area contributed by atoms with Gasteiger partial charge in [-0.2, -0.15) is 13.2 Å². The summed E-state index contributed by atoms with van der Waals surface area (Å²) in [5.41, 5.74) is -0.739. The lowest BCUT2D eigenvalue weighted by molar-refractivity contribution is -0.208. The minimum absolute atomic E-state index is 0.121. The Morgan fingerprint density at radius 2 is 1.92 bits per heavy atom. The Hall–Kier alpha value is -1.19. The van der Waals surface area contributed by atoms with Crippen LogP contribution in [0.5, 0.6) is 5.75 Å². The lowest BCUT2D eigenvalue weighted by Crippen LogP contribution is -2.52. The maximum Gasteiger partial charge on any atom is 0.420 e. The van der Waals surface area contributed by atoms with Crippen molar-refractivity contribution in [3.63, 3.8) is 0 Å². The number of hydrogen-bond acceptors (Lipinski definition) is 4. The molecule has 0 bridgehead atoms. The van der Waals surface area contributed by atoms with Crippen molar-refractivity contribution in [3.05, 3.63) is 23.0 Å². The highest BCUT2D eigenvalue weighted by Crippen LogP contribution is 2.45. The highest BCUT2D eigenvalue weighted by Gasteiger charge is 2.48. The van der Waals surface area contributed by atoms with Crippen molar-refractivity contribution in [3.8, 4) is 5.75 Å². The summed E-state index contributed by atoms with van der Waals surface area (Å²) in [6.45, 7) is 10.8. The Bertz CT molecular complexity index is 716. The van der Waals surface area contributed by atoms with Gasteiger partial charge in [-0.3, -0.25) is 4.98 Å². The minimum Gasteiger partial charge on any atom is -0.489 e. The van der Waals surface area contributed by atoms with Gasteiger partial charge in [0, 0.05) is 5.56 Å². The molecule has 9 heteroatoms. The molecule has 0 saturated heterocycles. The highest BCUT2D eigenvalue weighted by molar-refractivity contribution is 7.84. The molecule has 2 heterocycles. The number of aliphatic hydroxyl groups is 1. The molecule has 0 fully saturated rings. The number of aliphatic hydroxyl groups excluding tert-OH is 1. The van der Waals surface area contributed by atoms with Crippen LogP contribution in [0.1, 0.15) is 57.7 Å². The van der Waals surface area contributed by atoms with E-state index in [0.717, 1.165) is 0 Å². The van der Waals surface area contributed by atoms with Gasteiger partial charge in [0.1, 0.15) is 12.4 Å². The maximum absolute atomic E-state index is 13.0. The monoisotopic (exact) mass is 394 g/mol. The molecule has 148 valence electrons. The van der Waals surface area contributed by atoms with Crippen LogP contribution in [0, 0.1) is 12.8 Å². The van der Waals surface area contributed by atoms with Crippen molar-refractivity contribution in [2.24, 2.45) is 5.92 Å². The van der Waals surface area contributed by atoms with E-state index in [9.17, 15) is 22.5 Å². The predicted octanol–water partition coefficient (Wildman–Crippen LogP) is 3.28. The Balaban J connectivity index is 2.59. The number of aryl methyl sites for hydroxylation is 1. The van der Waals surface area contributed by atoms with Gasteiger partial charge in [0.15, 0.2) is 6.10 Å². The van der Waals surface area contributed by atoms with E-state index in [1.807, 2.05) is 13.8 Å². The van der Waals surface area contributed by atoms with E-state index in [0.29, 0.717) is 11.3 Å². The molecule has 2 rings (SSSR count). The van der Waals surface area contributed by atoms with E-state index in [4.69, 9.17) is 4.74 Å². The van der Waals surface area contributed by atoms with Crippen molar-refractivity contribution < 1.29 is 27.2 Å². The van der Waals surface area contributed by atoms with Crippen LogP contribution in [0.2, 0.25) is 0 Å². The smallest absolute Gasteiger partial charge is 0.420 e. The summed E-state index contributed by atoms with van der Waals surface area (Å²) in [5, 5.41) is 9.62. The average Bonchev–Trinajstić information content (AvgIpc) is 2.85. The molecule has 1 aromatic rings. The van der Waals surface area contributed by atoms with Crippen molar-refractivity contribution in [2.45, 2.75) is 64.1 Å². The van der Waals surface area contributed by atoms with Crippen molar-refractivity contribution in [1.29, 1.82) is 0 Å². The molecule has 26 heavy (non-hydrogen) atoms. The Morgan fingerprint density at radius 3 is 2.38 bits per heavy atom. The summed E-state index contributed by atoms with van der Waals surface area (Å²) in [7, 11) is -1.47. The average molecular weight is 394 g/mol. The fraction of sp³-hybridized carbons (Fsp3) is 0.706. The predicted molar refractivity (Wildman–Crippen MR) is 93.0 cm³/mol. The van der Waals surface area contributed by atoms with Crippen molar-refractivity contribution >= 4 is 11.0 Å². The number of rotatable bonds is 4. The fourth-order valence-electron chi connectivity index (χ4n) is 2.77. The molecule has 0 aliphatic carbocycles. The van der Waals surface area contributed by atoms with Gasteiger partial charge in [-0.15, -0.1) is 0 Å². The standard InChI is InChI=1S/C17H25F3N2O3S/c1-9(2)16(22-26(24)15(4,5)6)8-25-13-10(3)21-12(7-11(13)16)14(23)17(18,19)20/h7,9,14,22-23H,8H2,1-6H3. The second-order valence-corrected chi connectivity index (χ2v) is 9.82. The number of alkyl halides is 3. The summed E-state index contributed by atoms with van der Waals surface area (Å²) in [6.07, 6.45) is -7.51. The summed E-state index contributed by atoms with van der Waals surface area (Å²) in [5.74, 6) is 0.239. The van der Waals surface area contributed by atoms with Crippen LogP contribution in [-0.4, -0.2) is 31.8 Å². The first-order chi connectivity index (χ1) is 11.7. The zero-order chi connectivity index (χ0) is 20.1. The van der Waals surface area contributed by atoms with E-state index < -0.39 is 39.2 Å². The van der Waals surface area contributed by atoms with E-state index in [1.54, 1.807) is 20.8 Å². The Morgan fingerprint density at radius 1 is 1.35 bits per heavy atom. The number of ether oxygens (including phenoxy) is 1. The van der Waals surface area contributed by atoms with Crippen LogP contribution in [0.25, 0.3) is 0 Å². The molecule has 5 nitrogen and oxygen atoms in total. The second kappa shape index (κ2) is 6.76. The number of aromatic nitrogens is 1. The second-order valence-electron chi connectivity index (χ2n) is 7.85. The largest absolute Gasteiger partial charge is 0.489 e. The molecule has 1 aliphatic heterocycles. The molecule has 0 amide bonds. The molecule has 1 aromatic heterocycles. The van der Waals surface area contributed by atoms with Crippen LogP contribution < -0.4 is 9.46 Å². The topological polar surface area (TPSA) is 71.5 Å². The molecule has 0 spiro atoms. The first-order valence-corrected chi connectivity index (χ1v) is 9.44. The summed E-state index contributed by atoms with van der Waals surface area (Å²) < 4.78 is 59.8. The van der Waals surface area contributed by atoms with E-state index in [-0.39, 0.29) is 18.2 Å². The van der Waals surface area contributed by atoms with Gasteiger partial charge in [0.2, 0.25) is 0 Å². The fourth-order valence-corrected chi connectivity index (χ4v) is 3.81. The first-order valence-electron chi connectivity index (χ1n) is 8.29. The number of fused-ring (bicyclic) bond motifs is 1. The minimum atomic E-state index is -4.82. The zero-order valence-electron chi connectivity index (χ0n) is 15.7. The van der Waals surface area contributed by atoms with Gasteiger partial charge in [-0.05, 0) is 39.7 Å². The Labute approximate surface area is 153 Å². The molecule has 0 radical (unpaired) electrons. The first kappa shape index (κ1) is 21.1. The normalized spacial score (nSPS) is 22.9. The molecular weight excluding hydrogens is 369 g/mol. The molecule has 3 unspecified atom stereocenters. The SMILES string of the molecule is Cc1nc(C(O)C(F)(F)F)cc2c1OCC2(NS(=O)C(C)(C)C)C(C)C. The Kier molecular flexibility index (Phi) is 5.49. The lowest BCUT2D eigenvalue weighted by atomic mass is 9.82. The van der Waals surface area contributed by atoms with Gasteiger partial charge in [-0.1, -0.05) is 13.8 Å². The summed E-state index contributed by atoms with van der Waals surface area (Å²) in [6, 6.07) is 1.21. The summed E-state index contributed by atoms with van der Waals surface area (Å²) >= 11 is 0. The number of pyridine rings is 1. The maximum atomic E-state index is 13.0. The van der Waals surface area contributed by atoms with Crippen LogP contribution in [0.4, 0.5) is 13.2 Å². The summed E-state index contributed by atoms with van der Waals surface area (Å²) in [4.78, 5) is 3.87. The molecular formula is C17H25F3N2O3S. The van der Waals surface area contributed by atoms with Crippen LogP contribution in [0.3, 0.4) is 0 Å². The third kappa shape index (κ3) is 3.75. The number of nitrogens with zero attached hydrogens (tertiary/aromatic N) is 1. The number of nitrogens with one attached hydrogen (secondary N) is 1. The number of hydrogen-bond donors (Lipinski definition) is 2. The quantitative estimate of drug-likeness (QED) is 0.822. The number of halogens is 3. The van der Waals surface area contributed by atoms with Crippen molar-refractivity contribution in [2.75, 3.05) is 6.61 Å². The molecule has 1 aliphatic rings. The third-order valence-corrected chi connectivity index (χ3v) is 6.16. The zero-order valence-corrected chi connectivity index (χ0v) is 16.5. The molecule has 3 atom stereocenters. The van der Waals surface area contributed by atoms with Crippen LogP contribution in [-0.2, 0) is 16.5 Å². The van der Waals surface area contributed by atoms with Crippen molar-refractivity contribution in [1.82, 2.24) is 9.71 Å². The van der Waals surface area contributed by atoms with Crippen LogP contribution in [0.15, 0.2) is 6.07 Å². The van der Waals surface area contributed by atoms with Gasteiger partial charge in [0.25, 0.3) is 0 Å². The van der Waals surface area contributed by atoms with Gasteiger partial charge < -0.3 is 9.84 Å². The lowest BCUT2D eigenvalue weighted by Gasteiger charge is -2.35. The highest BCUT2D eigenvalue weighted by atomic mass is 32.2.